The van der Waals surface area contributed by atoms with Gasteiger partial charge in [0.1, 0.15) is 0 Å². The molecular weight excluding hydrogens is 456 g/mol. The highest BCUT2D eigenvalue weighted by Gasteiger charge is 2.18. The molecule has 0 bridgehead atoms. The first-order chi connectivity index (χ1) is 13.6. The molecule has 0 radical (unpaired) electrons. The Balaban J connectivity index is 0.00000240. The lowest BCUT2D eigenvalue weighted by Crippen LogP contribution is -2.48. The monoisotopic (exact) mass is 476 g/mol. The molecule has 1 saturated heterocycles. The van der Waals surface area contributed by atoms with Crippen LogP contribution in [0.1, 0.15) is 5.56 Å². The Kier molecular flexibility index (Phi) is 6.83. The summed E-state index contributed by atoms with van der Waals surface area (Å²) in [5.74, 6) is 0. The summed E-state index contributed by atoms with van der Waals surface area (Å²) in [5.41, 5.74) is 4.05. The van der Waals surface area contributed by atoms with E-state index in [1.165, 1.54) is 17.7 Å². The summed E-state index contributed by atoms with van der Waals surface area (Å²) in [6.45, 7) is 4.89. The van der Waals surface area contributed by atoms with Crippen LogP contribution < -0.4 is 9.81 Å². The Morgan fingerprint density at radius 3 is 2.34 bits per heavy atom. The van der Waals surface area contributed by atoms with Gasteiger partial charge >= 0.3 is 0 Å². The molecule has 0 spiro atoms. The zero-order valence-corrected chi connectivity index (χ0v) is 18.4. The van der Waals surface area contributed by atoms with E-state index in [0.717, 1.165) is 34.8 Å². The van der Waals surface area contributed by atoms with Crippen LogP contribution in [0.2, 0.25) is 0 Å². The van der Waals surface area contributed by atoms with Crippen molar-refractivity contribution in [3.8, 4) is 11.3 Å². The number of hydrogen-bond donors (Lipinski definition) is 0. The normalized spacial score (nSPS) is 14.5. The maximum Gasteiger partial charge on any atom is 0.269 e. The first kappa shape index (κ1) is 21.2. The van der Waals surface area contributed by atoms with Crippen LogP contribution in [-0.4, -0.2) is 35.9 Å². The summed E-state index contributed by atoms with van der Waals surface area (Å²) in [7, 11) is 0. The third-order valence-corrected chi connectivity index (χ3v) is 5.40. The van der Waals surface area contributed by atoms with Gasteiger partial charge in [0.2, 0.25) is 4.80 Å². The quantitative estimate of drug-likeness (QED) is 0.417. The minimum Gasteiger partial charge on any atom is -0.378 e. The average Bonchev–Trinajstić information content (AvgIpc) is 3.14. The maximum atomic E-state index is 11.0. The van der Waals surface area contributed by atoms with Crippen molar-refractivity contribution in [3.05, 3.63) is 74.4 Å². The van der Waals surface area contributed by atoms with Crippen LogP contribution in [0.15, 0.2) is 58.9 Å². The van der Waals surface area contributed by atoms with Crippen LogP contribution in [0.3, 0.4) is 0 Å². The molecule has 0 atom stereocenters. The SMILES string of the molecule is Br.Cc1ccc(N=c2scc(-c3ccc([N+](=O)[O-])cc3)n2N2CCOCC2)cc1. The lowest BCUT2D eigenvalue weighted by molar-refractivity contribution is -0.384. The number of rotatable bonds is 4. The standard InChI is InChI=1S/C20H20N4O3S.BrH/c1-15-2-6-17(7-3-15)21-20-23(22-10-12-27-13-11-22)19(14-28-20)16-4-8-18(9-5-16)24(25)26;/h2-9,14H,10-13H2,1H3;1H. The summed E-state index contributed by atoms with van der Waals surface area (Å²) in [5, 5.41) is 15.2. The minimum atomic E-state index is -0.383. The Bertz CT molecular complexity index is 1040. The van der Waals surface area contributed by atoms with E-state index in [9.17, 15) is 10.1 Å². The molecule has 0 saturated carbocycles. The summed E-state index contributed by atoms with van der Waals surface area (Å²) in [6.07, 6.45) is 0. The fourth-order valence-electron chi connectivity index (χ4n) is 3.09. The van der Waals surface area contributed by atoms with Gasteiger partial charge < -0.3 is 9.75 Å². The molecule has 1 aliphatic rings. The molecule has 152 valence electrons. The van der Waals surface area contributed by atoms with Crippen LogP contribution in [0.4, 0.5) is 11.4 Å². The predicted molar refractivity (Wildman–Crippen MR) is 120 cm³/mol. The fraction of sp³-hybridized carbons (Fsp3) is 0.250. The van der Waals surface area contributed by atoms with E-state index in [-0.39, 0.29) is 27.6 Å². The third kappa shape index (κ3) is 4.75. The van der Waals surface area contributed by atoms with Crippen molar-refractivity contribution in [1.82, 2.24) is 4.68 Å². The number of aryl methyl sites for hydroxylation is 1. The van der Waals surface area contributed by atoms with E-state index in [4.69, 9.17) is 9.73 Å². The molecule has 0 amide bonds. The maximum absolute atomic E-state index is 11.0. The molecule has 0 aliphatic carbocycles. The zero-order chi connectivity index (χ0) is 19.5. The van der Waals surface area contributed by atoms with Crippen molar-refractivity contribution < 1.29 is 9.66 Å². The van der Waals surface area contributed by atoms with E-state index in [1.807, 2.05) is 29.6 Å². The molecule has 1 aliphatic heterocycles. The van der Waals surface area contributed by atoms with Gasteiger partial charge in [0.05, 0.1) is 42.6 Å². The van der Waals surface area contributed by atoms with E-state index < -0.39 is 0 Å². The van der Waals surface area contributed by atoms with Gasteiger partial charge in [0.15, 0.2) is 0 Å². The molecule has 3 aromatic rings. The van der Waals surface area contributed by atoms with Crippen molar-refractivity contribution in [1.29, 1.82) is 0 Å². The van der Waals surface area contributed by atoms with Crippen LogP contribution in [0.5, 0.6) is 0 Å². The summed E-state index contributed by atoms with van der Waals surface area (Å²) < 4.78 is 7.60. The smallest absolute Gasteiger partial charge is 0.269 e. The molecule has 4 rings (SSSR count). The summed E-state index contributed by atoms with van der Waals surface area (Å²) >= 11 is 1.55. The van der Waals surface area contributed by atoms with Crippen molar-refractivity contribution >= 4 is 39.7 Å². The first-order valence-corrected chi connectivity index (χ1v) is 9.89. The lowest BCUT2D eigenvalue weighted by atomic mass is 10.1. The van der Waals surface area contributed by atoms with E-state index in [1.54, 1.807) is 23.5 Å². The molecule has 29 heavy (non-hydrogen) atoms. The second kappa shape index (κ2) is 9.34. The Morgan fingerprint density at radius 2 is 1.72 bits per heavy atom. The Labute approximate surface area is 182 Å². The predicted octanol–water partition coefficient (Wildman–Crippen LogP) is 4.21. The number of morpholine rings is 1. The fourth-order valence-corrected chi connectivity index (χ4v) is 4.01. The largest absolute Gasteiger partial charge is 0.378 e. The van der Waals surface area contributed by atoms with Gasteiger partial charge in [0, 0.05) is 23.1 Å². The Morgan fingerprint density at radius 1 is 1.07 bits per heavy atom. The third-order valence-electron chi connectivity index (χ3n) is 4.59. The number of non-ortho nitro benzene ring substituents is 1. The number of nitrogens with zero attached hydrogens (tertiary/aromatic N) is 4. The highest BCUT2D eigenvalue weighted by Crippen LogP contribution is 2.24. The number of nitro benzene ring substituents is 1. The topological polar surface area (TPSA) is 72.9 Å². The Hall–Kier alpha value is -2.49. The number of aromatic nitrogens is 1. The number of thiazole rings is 1. The summed E-state index contributed by atoms with van der Waals surface area (Å²) in [6, 6.07) is 14.7. The molecule has 0 unspecified atom stereocenters. The number of halogens is 1. The molecular formula is C20H21BrN4O3S. The second-order valence-electron chi connectivity index (χ2n) is 6.53. The lowest BCUT2D eigenvalue weighted by Gasteiger charge is -2.31. The molecule has 9 heteroatoms. The van der Waals surface area contributed by atoms with Crippen molar-refractivity contribution in [2.45, 2.75) is 6.92 Å². The molecule has 2 heterocycles. The number of hydrogen-bond acceptors (Lipinski definition) is 6. The van der Waals surface area contributed by atoms with Gasteiger partial charge in [-0.05, 0) is 31.2 Å². The van der Waals surface area contributed by atoms with Gasteiger partial charge in [-0.2, -0.15) is 0 Å². The highest BCUT2D eigenvalue weighted by atomic mass is 79.9. The van der Waals surface area contributed by atoms with E-state index in [2.05, 4.69) is 16.6 Å². The van der Waals surface area contributed by atoms with Crippen LogP contribution in [-0.2, 0) is 4.74 Å². The molecule has 1 aromatic heterocycles. The van der Waals surface area contributed by atoms with E-state index >= 15 is 0 Å². The number of benzene rings is 2. The first-order valence-electron chi connectivity index (χ1n) is 9.01. The number of nitro groups is 1. The minimum absolute atomic E-state index is 0. The highest BCUT2D eigenvalue weighted by molar-refractivity contribution is 8.93. The van der Waals surface area contributed by atoms with Gasteiger partial charge in [-0.15, -0.1) is 28.3 Å². The molecule has 7 nitrogen and oxygen atoms in total. The van der Waals surface area contributed by atoms with Gasteiger partial charge in [-0.3, -0.25) is 10.1 Å². The van der Waals surface area contributed by atoms with Crippen molar-refractivity contribution in [3.63, 3.8) is 0 Å². The molecule has 0 N–H and O–H groups in total. The zero-order valence-electron chi connectivity index (χ0n) is 15.9. The van der Waals surface area contributed by atoms with Crippen LogP contribution in [0, 0.1) is 17.0 Å². The van der Waals surface area contributed by atoms with Gasteiger partial charge in [-0.1, -0.05) is 17.7 Å². The van der Waals surface area contributed by atoms with Crippen molar-refractivity contribution in [2.75, 3.05) is 31.3 Å². The molecule has 2 aromatic carbocycles. The van der Waals surface area contributed by atoms with Crippen LogP contribution in [0.25, 0.3) is 11.3 Å². The average molecular weight is 477 g/mol. The second-order valence-corrected chi connectivity index (χ2v) is 7.37. The number of ether oxygens (including phenoxy) is 1. The van der Waals surface area contributed by atoms with Crippen LogP contribution >= 0.6 is 28.3 Å². The molecule has 1 fully saturated rings. The summed E-state index contributed by atoms with van der Waals surface area (Å²) in [4.78, 5) is 16.3. The van der Waals surface area contributed by atoms with Gasteiger partial charge in [-0.25, -0.2) is 9.67 Å². The van der Waals surface area contributed by atoms with E-state index in [0.29, 0.717) is 13.2 Å². The van der Waals surface area contributed by atoms with Gasteiger partial charge in [0.25, 0.3) is 5.69 Å². The van der Waals surface area contributed by atoms with Crippen molar-refractivity contribution in [2.24, 2.45) is 4.99 Å².